The minimum atomic E-state index is -0.0637. The summed E-state index contributed by atoms with van der Waals surface area (Å²) >= 11 is 1.57. The Bertz CT molecular complexity index is 1080. The third-order valence-electron chi connectivity index (χ3n) is 4.46. The second kappa shape index (κ2) is 7.36. The number of carbonyl (C=O) groups excluding carboxylic acids is 1. The first kappa shape index (κ1) is 17.5. The van der Waals surface area contributed by atoms with Crippen LogP contribution >= 0.6 is 11.3 Å². The number of para-hydroxylation sites is 2. The fourth-order valence-electron chi connectivity index (χ4n) is 3.10. The van der Waals surface area contributed by atoms with Crippen LogP contribution in [-0.2, 0) is 17.8 Å². The smallest absolute Gasteiger partial charge is 0.236 e. The van der Waals surface area contributed by atoms with Crippen molar-refractivity contribution in [3.8, 4) is 10.8 Å². The molecule has 1 aromatic carbocycles. The predicted molar refractivity (Wildman–Crippen MR) is 106 cm³/mol. The van der Waals surface area contributed by atoms with E-state index < -0.39 is 0 Å². The van der Waals surface area contributed by atoms with Gasteiger partial charge in [0.05, 0.1) is 28.0 Å². The molecule has 138 valence electrons. The number of fused-ring (bicyclic) bond motifs is 1. The largest absolute Gasteiger partial charge is 0.440 e. The highest BCUT2D eigenvalue weighted by Gasteiger charge is 2.15. The second-order valence-electron chi connectivity index (χ2n) is 6.33. The van der Waals surface area contributed by atoms with Crippen LogP contribution in [0.2, 0.25) is 0 Å². The van der Waals surface area contributed by atoms with Gasteiger partial charge in [-0.1, -0.05) is 18.2 Å². The van der Waals surface area contributed by atoms with E-state index in [0.29, 0.717) is 30.4 Å². The van der Waals surface area contributed by atoms with Crippen LogP contribution in [-0.4, -0.2) is 27.0 Å². The number of thiophene rings is 1. The number of nitrogens with zero attached hydrogens (tertiary/aromatic N) is 3. The lowest BCUT2D eigenvalue weighted by molar-refractivity contribution is -0.120. The average Bonchev–Trinajstić information content (AvgIpc) is 3.36. The number of imidazole rings is 1. The van der Waals surface area contributed by atoms with Gasteiger partial charge in [-0.15, -0.1) is 11.3 Å². The normalized spacial score (nSPS) is 11.2. The molecule has 4 aromatic rings. The summed E-state index contributed by atoms with van der Waals surface area (Å²) in [6.07, 6.45) is 0.213. The van der Waals surface area contributed by atoms with Crippen LogP contribution in [0.15, 0.2) is 46.2 Å². The maximum atomic E-state index is 12.3. The molecule has 1 N–H and O–H groups in total. The maximum Gasteiger partial charge on any atom is 0.236 e. The Labute approximate surface area is 160 Å². The summed E-state index contributed by atoms with van der Waals surface area (Å²) in [7, 11) is 0. The number of carbonyl (C=O) groups is 1. The van der Waals surface area contributed by atoms with Crippen LogP contribution in [0.3, 0.4) is 0 Å². The molecule has 0 saturated heterocycles. The third-order valence-corrected chi connectivity index (χ3v) is 5.31. The fraction of sp³-hybridized carbons (Fsp3) is 0.250. The van der Waals surface area contributed by atoms with Crippen molar-refractivity contribution in [2.45, 2.75) is 26.8 Å². The van der Waals surface area contributed by atoms with E-state index in [1.54, 1.807) is 11.3 Å². The molecule has 3 aromatic heterocycles. The van der Waals surface area contributed by atoms with Gasteiger partial charge in [-0.25, -0.2) is 9.97 Å². The van der Waals surface area contributed by atoms with Gasteiger partial charge in [0.25, 0.3) is 0 Å². The van der Waals surface area contributed by atoms with E-state index in [1.165, 1.54) is 0 Å². The number of hydrogen-bond donors (Lipinski definition) is 1. The molecule has 3 heterocycles. The van der Waals surface area contributed by atoms with E-state index in [4.69, 9.17) is 4.42 Å². The van der Waals surface area contributed by atoms with Gasteiger partial charge < -0.3 is 14.3 Å². The molecule has 6 nitrogen and oxygen atoms in total. The van der Waals surface area contributed by atoms with Crippen molar-refractivity contribution in [2.24, 2.45) is 0 Å². The number of aromatic nitrogens is 3. The molecular formula is C20H20N4O2S. The number of amides is 1. The van der Waals surface area contributed by atoms with Gasteiger partial charge in [0.15, 0.2) is 0 Å². The van der Waals surface area contributed by atoms with Crippen LogP contribution in [0.1, 0.15) is 17.3 Å². The summed E-state index contributed by atoms with van der Waals surface area (Å²) < 4.78 is 7.81. The Morgan fingerprint density at radius 1 is 1.19 bits per heavy atom. The lowest BCUT2D eigenvalue weighted by atomic mass is 10.2. The molecule has 0 radical (unpaired) electrons. The predicted octanol–water partition coefficient (Wildman–Crippen LogP) is 3.73. The molecule has 0 aliphatic carbocycles. The Morgan fingerprint density at radius 2 is 2.04 bits per heavy atom. The summed E-state index contributed by atoms with van der Waals surface area (Å²) in [4.78, 5) is 22.3. The van der Waals surface area contributed by atoms with Crippen LogP contribution in [0.25, 0.3) is 21.8 Å². The summed E-state index contributed by atoms with van der Waals surface area (Å²) in [5, 5.41) is 4.94. The molecule has 4 rings (SSSR count). The quantitative estimate of drug-likeness (QED) is 0.553. The van der Waals surface area contributed by atoms with Crippen molar-refractivity contribution in [1.29, 1.82) is 0 Å². The van der Waals surface area contributed by atoms with Gasteiger partial charge in [-0.3, -0.25) is 4.79 Å². The zero-order valence-electron chi connectivity index (χ0n) is 15.2. The zero-order chi connectivity index (χ0) is 18.8. The number of hydrogen-bond acceptors (Lipinski definition) is 5. The van der Waals surface area contributed by atoms with Crippen molar-refractivity contribution < 1.29 is 9.21 Å². The third kappa shape index (κ3) is 3.64. The average molecular weight is 380 g/mol. The highest BCUT2D eigenvalue weighted by atomic mass is 32.1. The van der Waals surface area contributed by atoms with Crippen molar-refractivity contribution in [2.75, 3.05) is 6.54 Å². The van der Waals surface area contributed by atoms with E-state index in [0.717, 1.165) is 21.7 Å². The molecule has 0 aliphatic rings. The zero-order valence-corrected chi connectivity index (χ0v) is 16.0. The standard InChI is InChI=1S/C20H20N4O2S/c1-13-16(23-20(26-13)18-8-5-11-27-18)12-19(25)21-9-10-24-14(2)22-15-6-3-4-7-17(15)24/h3-8,11H,9-10,12H2,1-2H3,(H,21,25). The Kier molecular flexibility index (Phi) is 4.77. The number of oxazole rings is 1. The summed E-state index contributed by atoms with van der Waals surface area (Å²) in [5.41, 5.74) is 2.73. The number of rotatable bonds is 6. The van der Waals surface area contributed by atoms with Crippen molar-refractivity contribution in [3.63, 3.8) is 0 Å². The molecule has 27 heavy (non-hydrogen) atoms. The number of aryl methyl sites for hydroxylation is 2. The first-order valence-corrected chi connectivity index (χ1v) is 9.68. The lowest BCUT2D eigenvalue weighted by Gasteiger charge is -2.08. The van der Waals surface area contributed by atoms with Crippen LogP contribution < -0.4 is 5.32 Å². The van der Waals surface area contributed by atoms with Crippen molar-refractivity contribution in [3.05, 3.63) is 59.1 Å². The topological polar surface area (TPSA) is 73.0 Å². The van der Waals surface area contributed by atoms with Gasteiger partial charge in [0.2, 0.25) is 11.8 Å². The van der Waals surface area contributed by atoms with Crippen LogP contribution in [0.5, 0.6) is 0 Å². The maximum absolute atomic E-state index is 12.3. The van der Waals surface area contributed by atoms with Gasteiger partial charge in [-0.05, 0) is 37.4 Å². The van der Waals surface area contributed by atoms with Crippen LogP contribution in [0, 0.1) is 13.8 Å². The SMILES string of the molecule is Cc1oc(-c2cccs2)nc1CC(=O)NCCn1c(C)nc2ccccc21. The van der Waals surface area contributed by atoms with Gasteiger partial charge in [0.1, 0.15) is 11.6 Å². The van der Waals surface area contributed by atoms with E-state index in [-0.39, 0.29) is 12.3 Å². The van der Waals surface area contributed by atoms with E-state index in [9.17, 15) is 4.79 Å². The number of nitrogens with one attached hydrogen (secondary N) is 1. The van der Waals surface area contributed by atoms with Gasteiger partial charge in [-0.2, -0.15) is 0 Å². The molecular weight excluding hydrogens is 360 g/mol. The molecule has 0 atom stereocenters. The van der Waals surface area contributed by atoms with Crippen molar-refractivity contribution >= 4 is 28.3 Å². The number of benzene rings is 1. The Hall–Kier alpha value is -2.93. The minimum Gasteiger partial charge on any atom is -0.440 e. The van der Waals surface area contributed by atoms with Gasteiger partial charge in [0, 0.05) is 13.1 Å². The van der Waals surface area contributed by atoms with Crippen molar-refractivity contribution in [1.82, 2.24) is 19.9 Å². The van der Waals surface area contributed by atoms with E-state index in [1.807, 2.05) is 55.6 Å². The molecule has 0 bridgehead atoms. The monoisotopic (exact) mass is 380 g/mol. The summed E-state index contributed by atoms with van der Waals surface area (Å²) in [6.45, 7) is 5.03. The molecule has 0 aliphatic heterocycles. The molecule has 0 spiro atoms. The molecule has 0 unspecified atom stereocenters. The lowest BCUT2D eigenvalue weighted by Crippen LogP contribution is -2.29. The fourth-order valence-corrected chi connectivity index (χ4v) is 3.75. The van der Waals surface area contributed by atoms with Gasteiger partial charge >= 0.3 is 0 Å². The van der Waals surface area contributed by atoms with Crippen LogP contribution in [0.4, 0.5) is 0 Å². The molecule has 7 heteroatoms. The second-order valence-corrected chi connectivity index (χ2v) is 7.27. The first-order chi connectivity index (χ1) is 13.1. The minimum absolute atomic E-state index is 0.0637. The highest BCUT2D eigenvalue weighted by Crippen LogP contribution is 2.26. The highest BCUT2D eigenvalue weighted by molar-refractivity contribution is 7.13. The summed E-state index contributed by atoms with van der Waals surface area (Å²) in [5.74, 6) is 2.14. The molecule has 0 saturated carbocycles. The Morgan fingerprint density at radius 3 is 2.85 bits per heavy atom. The first-order valence-electron chi connectivity index (χ1n) is 8.80. The molecule has 0 fully saturated rings. The summed E-state index contributed by atoms with van der Waals surface area (Å²) in [6, 6.07) is 11.9. The molecule has 1 amide bonds. The van der Waals surface area contributed by atoms with E-state index in [2.05, 4.69) is 19.9 Å². The Balaban J connectivity index is 1.37. The van der Waals surface area contributed by atoms with E-state index >= 15 is 0 Å².